The van der Waals surface area contributed by atoms with E-state index in [0.717, 1.165) is 24.1 Å². The zero-order chi connectivity index (χ0) is 41.8. The van der Waals surface area contributed by atoms with Crippen LogP contribution in [0.4, 0.5) is 4.79 Å². The number of nitrogens with zero attached hydrogens (tertiary/aromatic N) is 5. The van der Waals surface area contributed by atoms with Crippen molar-refractivity contribution < 1.29 is 42.9 Å². The lowest BCUT2D eigenvalue weighted by atomic mass is 9.73. The van der Waals surface area contributed by atoms with Gasteiger partial charge in [-0.15, -0.1) is 0 Å². The van der Waals surface area contributed by atoms with Crippen LogP contribution in [0.5, 0.6) is 0 Å². The number of rotatable bonds is 11. The number of carbonyl (C=O) groups excluding carboxylic acids is 4. The first-order chi connectivity index (χ1) is 26.9. The SMILES string of the molecule is CC[C@H]1OC(=O)[C@H](C)C(=O)[C@H](C)[C@@H](O[C@H]2C[C@@H](N(C)C)C[C@@H](C)O2)[C@](C)(OC)C[C@@H](C)C(=O)[C@H](C)[C@H]2N(CCCCn3cnc(-c4cccnc4)c3)C(=O)O[C@]12C. The summed E-state index contributed by atoms with van der Waals surface area (Å²) in [5.41, 5.74) is -0.759. The van der Waals surface area contributed by atoms with Gasteiger partial charge in [-0.2, -0.15) is 0 Å². The van der Waals surface area contributed by atoms with Crippen molar-refractivity contribution in [2.45, 2.75) is 148 Å². The largest absolute Gasteiger partial charge is 0.458 e. The van der Waals surface area contributed by atoms with Crippen LogP contribution in [-0.2, 0) is 44.6 Å². The standard InChI is InChI=1S/C43H65N5O9/c1-12-34-43(8)38(48(41(52)57-43)19-14-13-18-47-24-33(45-25-47)31-16-15-17-44-23-31)28(4)36(49)26(2)22-42(7,53-11)39(29(5)37(50)30(6)40(51)55-34)56-35-21-32(46(9)10)20-27(3)54-35/h15-17,23-30,32,34-35,38-39H,12-14,18-22H2,1-11H3/t26-,27-,28+,29+,30-,32+,34-,35+,38-,39-,42-,43-/m1/s1. The Hall–Kier alpha value is -3.72. The minimum Gasteiger partial charge on any atom is -0.458 e. The maximum atomic E-state index is 14.7. The van der Waals surface area contributed by atoms with Crippen molar-refractivity contribution in [2.24, 2.45) is 23.7 Å². The summed E-state index contributed by atoms with van der Waals surface area (Å²) in [7, 11) is 5.60. The van der Waals surface area contributed by atoms with Crippen LogP contribution in [0, 0.1) is 23.7 Å². The first kappa shape index (κ1) is 44.4. The van der Waals surface area contributed by atoms with Crippen molar-refractivity contribution in [3.63, 3.8) is 0 Å². The minimum atomic E-state index is -1.37. The molecule has 0 N–H and O–H groups in total. The Morgan fingerprint density at radius 3 is 2.35 bits per heavy atom. The Balaban J connectivity index is 1.42. The quantitative estimate of drug-likeness (QED) is 0.150. The molecule has 0 aliphatic carbocycles. The summed E-state index contributed by atoms with van der Waals surface area (Å²) in [4.78, 5) is 69.3. The van der Waals surface area contributed by atoms with Crippen molar-refractivity contribution in [1.29, 1.82) is 0 Å². The number of amides is 1. The Kier molecular flexibility index (Phi) is 14.4. The van der Waals surface area contributed by atoms with Gasteiger partial charge in [0, 0.05) is 74.6 Å². The highest BCUT2D eigenvalue weighted by atomic mass is 16.7. The number of methoxy groups -OCH3 is 1. The molecule has 1 amide bonds. The van der Waals surface area contributed by atoms with E-state index in [1.54, 1.807) is 51.5 Å². The van der Waals surface area contributed by atoms with Crippen molar-refractivity contribution in [3.8, 4) is 11.3 Å². The van der Waals surface area contributed by atoms with Crippen molar-refractivity contribution in [3.05, 3.63) is 37.1 Å². The highest BCUT2D eigenvalue weighted by Crippen LogP contribution is 2.43. The number of ketones is 2. The van der Waals surface area contributed by atoms with Gasteiger partial charge >= 0.3 is 12.1 Å². The average Bonchev–Trinajstić information content (AvgIpc) is 3.77. The van der Waals surface area contributed by atoms with Crippen molar-refractivity contribution in [2.75, 3.05) is 27.7 Å². The second-order valence-electron chi connectivity index (χ2n) is 17.2. The van der Waals surface area contributed by atoms with E-state index in [4.69, 9.17) is 23.7 Å². The third-order valence-corrected chi connectivity index (χ3v) is 12.7. The number of Topliss-reactive ketones (excluding diaryl/α,β-unsaturated/α-hetero) is 2. The molecule has 316 valence electrons. The molecule has 14 heteroatoms. The van der Waals surface area contributed by atoms with Crippen LogP contribution in [-0.4, -0.2) is 124 Å². The van der Waals surface area contributed by atoms with Gasteiger partial charge in [-0.25, -0.2) is 9.78 Å². The molecule has 3 aliphatic rings. The van der Waals surface area contributed by atoms with Crippen LogP contribution in [0.1, 0.15) is 93.9 Å². The molecule has 0 bridgehead atoms. The van der Waals surface area contributed by atoms with E-state index in [-0.39, 0.29) is 30.1 Å². The van der Waals surface area contributed by atoms with Crippen LogP contribution in [0.15, 0.2) is 37.1 Å². The summed E-state index contributed by atoms with van der Waals surface area (Å²) < 4.78 is 33.6. The topological polar surface area (TPSA) is 152 Å². The fraction of sp³-hybridized carbons (Fsp3) is 0.721. The maximum Gasteiger partial charge on any atom is 0.410 e. The van der Waals surface area contributed by atoms with Crippen molar-refractivity contribution in [1.82, 2.24) is 24.3 Å². The first-order valence-corrected chi connectivity index (χ1v) is 20.7. The highest BCUT2D eigenvalue weighted by Gasteiger charge is 2.60. The lowest BCUT2D eigenvalue weighted by Crippen LogP contribution is -2.59. The molecule has 0 unspecified atom stereocenters. The average molecular weight is 796 g/mol. The summed E-state index contributed by atoms with van der Waals surface area (Å²) in [6.45, 7) is 15.4. The Morgan fingerprint density at radius 2 is 1.70 bits per heavy atom. The van der Waals surface area contributed by atoms with E-state index >= 15 is 0 Å². The number of aromatic nitrogens is 3. The first-order valence-electron chi connectivity index (χ1n) is 20.7. The van der Waals surface area contributed by atoms with Gasteiger partial charge in [-0.05, 0) is 86.0 Å². The zero-order valence-electron chi connectivity index (χ0n) is 35.8. The molecule has 3 aliphatic heterocycles. The molecule has 12 atom stereocenters. The van der Waals surface area contributed by atoms with Crippen LogP contribution >= 0.6 is 0 Å². The van der Waals surface area contributed by atoms with E-state index in [9.17, 15) is 19.2 Å². The number of unbranched alkanes of at least 4 members (excludes halogenated alkanes) is 1. The predicted octanol–water partition coefficient (Wildman–Crippen LogP) is 5.96. The molecule has 3 saturated heterocycles. The molecule has 5 heterocycles. The number of carbonyl (C=O) groups is 4. The Morgan fingerprint density at radius 1 is 0.982 bits per heavy atom. The number of cyclic esters (lactones) is 1. The van der Waals surface area contributed by atoms with Crippen LogP contribution in [0.2, 0.25) is 0 Å². The predicted molar refractivity (Wildman–Crippen MR) is 213 cm³/mol. The molecule has 0 aromatic carbocycles. The smallest absolute Gasteiger partial charge is 0.410 e. The van der Waals surface area contributed by atoms with E-state index < -0.39 is 71.5 Å². The third kappa shape index (κ3) is 9.61. The van der Waals surface area contributed by atoms with Crippen LogP contribution in [0.3, 0.4) is 0 Å². The normalized spacial score (nSPS) is 35.8. The van der Waals surface area contributed by atoms with Gasteiger partial charge in [0.1, 0.15) is 17.8 Å². The molecule has 0 saturated carbocycles. The highest BCUT2D eigenvalue weighted by molar-refractivity contribution is 6.00. The number of aryl methyl sites for hydroxylation is 1. The van der Waals surface area contributed by atoms with E-state index in [2.05, 4.69) is 14.9 Å². The summed E-state index contributed by atoms with van der Waals surface area (Å²) in [5, 5.41) is 0. The van der Waals surface area contributed by atoms with Gasteiger partial charge in [-0.3, -0.25) is 19.4 Å². The summed E-state index contributed by atoms with van der Waals surface area (Å²) >= 11 is 0. The molecule has 0 spiro atoms. The van der Waals surface area contributed by atoms with Gasteiger partial charge in [0.05, 0.1) is 35.9 Å². The van der Waals surface area contributed by atoms with Crippen LogP contribution < -0.4 is 0 Å². The molecule has 5 rings (SSSR count). The van der Waals surface area contributed by atoms with Gasteiger partial charge < -0.3 is 38.1 Å². The second kappa shape index (κ2) is 18.5. The molecule has 2 aromatic rings. The number of hydrogen-bond acceptors (Lipinski definition) is 12. The van der Waals surface area contributed by atoms with Gasteiger partial charge in [0.15, 0.2) is 17.7 Å². The fourth-order valence-electron chi connectivity index (χ4n) is 9.38. The summed E-state index contributed by atoms with van der Waals surface area (Å²) in [6, 6.07) is 3.27. The zero-order valence-corrected chi connectivity index (χ0v) is 35.8. The second-order valence-corrected chi connectivity index (χ2v) is 17.2. The molecular formula is C43H65N5O9. The Bertz CT molecular complexity index is 1700. The fourth-order valence-corrected chi connectivity index (χ4v) is 9.38. The summed E-state index contributed by atoms with van der Waals surface area (Å²) in [5.74, 6) is -4.46. The number of hydrogen-bond donors (Lipinski definition) is 0. The number of ether oxygens (including phenoxy) is 5. The van der Waals surface area contributed by atoms with Crippen molar-refractivity contribution >= 4 is 23.6 Å². The van der Waals surface area contributed by atoms with Gasteiger partial charge in [-0.1, -0.05) is 27.7 Å². The number of pyridine rings is 1. The number of imidazole rings is 1. The lowest BCUT2D eigenvalue weighted by Gasteiger charge is -2.45. The molecule has 14 nitrogen and oxygen atoms in total. The van der Waals surface area contributed by atoms with E-state index in [0.29, 0.717) is 32.4 Å². The monoisotopic (exact) mass is 795 g/mol. The lowest BCUT2D eigenvalue weighted by molar-refractivity contribution is -0.262. The Labute approximate surface area is 338 Å². The van der Waals surface area contributed by atoms with Gasteiger partial charge in [0.25, 0.3) is 0 Å². The number of esters is 1. The third-order valence-electron chi connectivity index (χ3n) is 12.7. The minimum absolute atomic E-state index is 0.0829. The molecular weight excluding hydrogens is 730 g/mol. The van der Waals surface area contributed by atoms with Gasteiger partial charge in [0.2, 0.25) is 0 Å². The van der Waals surface area contributed by atoms with E-state index in [1.807, 2.05) is 71.6 Å². The molecule has 57 heavy (non-hydrogen) atoms. The van der Waals surface area contributed by atoms with Crippen LogP contribution in [0.25, 0.3) is 11.3 Å². The summed E-state index contributed by atoms with van der Waals surface area (Å²) in [6.07, 6.45) is 7.44. The number of fused-ring (bicyclic) bond motifs is 1. The molecule has 0 radical (unpaired) electrons. The molecule has 2 aromatic heterocycles. The molecule has 3 fully saturated rings. The van der Waals surface area contributed by atoms with E-state index in [1.165, 1.54) is 0 Å². The maximum absolute atomic E-state index is 14.7.